The van der Waals surface area contributed by atoms with Crippen molar-refractivity contribution in [2.45, 2.75) is 67.9 Å². The molecule has 0 radical (unpaired) electrons. The average molecular weight is 523 g/mol. The van der Waals surface area contributed by atoms with Crippen molar-refractivity contribution >= 4 is 16.6 Å². The summed E-state index contributed by atoms with van der Waals surface area (Å²) < 4.78 is 90.3. The number of aromatic nitrogens is 3. The van der Waals surface area contributed by atoms with Gasteiger partial charge in [-0.1, -0.05) is 0 Å². The quantitative estimate of drug-likeness (QED) is 0.468. The summed E-state index contributed by atoms with van der Waals surface area (Å²) in [5, 5.41) is 12.0. The number of nitrogens with zero attached hydrogens (tertiary/aromatic N) is 4. The molecule has 3 aliphatic heterocycles. The maximum absolute atomic E-state index is 14.5. The zero-order chi connectivity index (χ0) is 25.8. The van der Waals surface area contributed by atoms with Crippen LogP contribution in [0, 0.1) is 5.41 Å². The van der Waals surface area contributed by atoms with Crippen LogP contribution in [-0.4, -0.2) is 46.5 Å². The van der Waals surface area contributed by atoms with Crippen molar-refractivity contribution < 1.29 is 30.8 Å². The molecule has 1 N–H and O–H groups in total. The van der Waals surface area contributed by atoms with E-state index in [-0.39, 0.29) is 41.4 Å². The molecule has 7 rings (SSSR count). The number of fused-ring (bicyclic) bond motifs is 4. The summed E-state index contributed by atoms with van der Waals surface area (Å²) in [5.41, 5.74) is -4.47. The van der Waals surface area contributed by atoms with Gasteiger partial charge in [-0.15, -0.1) is 10.2 Å². The summed E-state index contributed by atoms with van der Waals surface area (Å²) in [6.45, 7) is -0.484. The fraction of sp³-hybridized carbons (Fsp3) is 0.560. The highest BCUT2D eigenvalue weighted by atomic mass is 19.4. The maximum Gasteiger partial charge on any atom is 0.418 e. The molecule has 1 aromatic carbocycles. The van der Waals surface area contributed by atoms with E-state index in [0.717, 1.165) is 31.7 Å². The van der Waals surface area contributed by atoms with Gasteiger partial charge in [-0.25, -0.2) is 0 Å². The summed E-state index contributed by atoms with van der Waals surface area (Å²) in [6.07, 6.45) is -4.38. The molecule has 4 atom stereocenters. The molecular weight excluding hydrogens is 500 g/mol. The Kier molecular flexibility index (Phi) is 4.62. The highest BCUT2D eigenvalue weighted by Gasteiger charge is 2.86. The first kappa shape index (κ1) is 23.2. The number of hydrogen-bond donors (Lipinski definition) is 1. The predicted octanol–water partition coefficient (Wildman–Crippen LogP) is 5.35. The molecule has 3 saturated heterocycles. The molecule has 0 spiro atoms. The van der Waals surface area contributed by atoms with Gasteiger partial charge in [-0.3, -0.25) is 4.98 Å². The Hall–Kier alpha value is -2.89. The van der Waals surface area contributed by atoms with Crippen LogP contribution in [0.15, 0.2) is 34.9 Å². The Morgan fingerprint density at radius 1 is 0.973 bits per heavy atom. The van der Waals surface area contributed by atoms with Crippen molar-refractivity contribution in [2.24, 2.45) is 5.41 Å². The number of pyridine rings is 1. The number of benzene rings is 1. The first-order chi connectivity index (χ1) is 17.5. The monoisotopic (exact) mass is 523 g/mol. The van der Waals surface area contributed by atoms with Crippen LogP contribution in [0.2, 0.25) is 0 Å². The van der Waals surface area contributed by atoms with Crippen molar-refractivity contribution in [3.05, 3.63) is 47.8 Å². The molecule has 1 aliphatic carbocycles. The van der Waals surface area contributed by atoms with Crippen LogP contribution in [0.25, 0.3) is 10.9 Å². The molecule has 5 heterocycles. The molecular formula is C25H23F6N5O. The Morgan fingerprint density at radius 3 is 2.43 bits per heavy atom. The highest BCUT2D eigenvalue weighted by Crippen LogP contribution is 2.75. The van der Waals surface area contributed by atoms with Crippen LogP contribution >= 0.6 is 0 Å². The second kappa shape index (κ2) is 7.36. The van der Waals surface area contributed by atoms with Gasteiger partial charge < -0.3 is 14.6 Å². The molecule has 37 heavy (non-hydrogen) atoms. The van der Waals surface area contributed by atoms with Crippen molar-refractivity contribution in [2.75, 3.05) is 18.0 Å². The van der Waals surface area contributed by atoms with E-state index < -0.39 is 35.3 Å². The average Bonchev–Trinajstić information content (AvgIpc) is 3.21. The molecule has 2 bridgehead atoms. The van der Waals surface area contributed by atoms with E-state index >= 15 is 0 Å². The Morgan fingerprint density at radius 2 is 1.73 bits per heavy atom. The smallest absolute Gasteiger partial charge is 0.418 e. The minimum atomic E-state index is -4.64. The van der Waals surface area contributed by atoms with Gasteiger partial charge in [0.2, 0.25) is 11.8 Å². The molecule has 0 amide bonds. The Labute approximate surface area is 207 Å². The molecule has 4 fully saturated rings. The van der Waals surface area contributed by atoms with Gasteiger partial charge in [0.1, 0.15) is 5.41 Å². The molecule has 12 heteroatoms. The van der Waals surface area contributed by atoms with E-state index in [0.29, 0.717) is 18.0 Å². The van der Waals surface area contributed by atoms with Gasteiger partial charge in [0.25, 0.3) is 0 Å². The molecule has 1 saturated carbocycles. The molecule has 2 aromatic heterocycles. The summed E-state index contributed by atoms with van der Waals surface area (Å²) in [5.74, 6) is 0.369. The molecule has 4 aliphatic rings. The van der Waals surface area contributed by atoms with E-state index in [4.69, 9.17) is 4.42 Å². The fourth-order valence-corrected chi connectivity index (χ4v) is 7.09. The lowest BCUT2D eigenvalue weighted by Gasteiger charge is -2.26. The van der Waals surface area contributed by atoms with Crippen molar-refractivity contribution in [3.8, 4) is 0 Å². The molecule has 196 valence electrons. The van der Waals surface area contributed by atoms with Crippen molar-refractivity contribution in [3.63, 3.8) is 0 Å². The highest BCUT2D eigenvalue weighted by molar-refractivity contribution is 5.94. The fourth-order valence-electron chi connectivity index (χ4n) is 7.09. The normalized spacial score (nSPS) is 33.2. The van der Waals surface area contributed by atoms with Gasteiger partial charge >= 0.3 is 12.4 Å². The minimum absolute atomic E-state index is 0.0119. The Balaban J connectivity index is 1.26. The van der Waals surface area contributed by atoms with Crippen molar-refractivity contribution in [1.29, 1.82) is 0 Å². The number of nitrogens with one attached hydrogen (secondary N) is 1. The number of halogens is 6. The number of hydrogen-bond acceptors (Lipinski definition) is 6. The van der Waals surface area contributed by atoms with Crippen LogP contribution in [0.1, 0.15) is 55.4 Å². The van der Waals surface area contributed by atoms with Gasteiger partial charge in [0.15, 0.2) is 0 Å². The van der Waals surface area contributed by atoms with Gasteiger partial charge in [0, 0.05) is 48.4 Å². The van der Waals surface area contributed by atoms with Crippen LogP contribution in [0.4, 0.5) is 32.0 Å². The third-order valence-corrected chi connectivity index (χ3v) is 8.92. The second-order valence-corrected chi connectivity index (χ2v) is 11.0. The lowest BCUT2D eigenvalue weighted by atomic mass is 9.92. The maximum atomic E-state index is 14.5. The minimum Gasteiger partial charge on any atom is -0.424 e. The Bertz CT molecular complexity index is 1380. The van der Waals surface area contributed by atoms with E-state index in [1.807, 2.05) is 0 Å². The molecule has 2 unspecified atom stereocenters. The van der Waals surface area contributed by atoms with Crippen LogP contribution in [0.5, 0.6) is 0 Å². The van der Waals surface area contributed by atoms with Gasteiger partial charge in [0.05, 0.1) is 16.5 Å². The summed E-state index contributed by atoms with van der Waals surface area (Å²) in [7, 11) is 0. The number of rotatable bonds is 3. The van der Waals surface area contributed by atoms with E-state index in [9.17, 15) is 26.3 Å². The summed E-state index contributed by atoms with van der Waals surface area (Å²) in [4.78, 5) is 5.40. The van der Waals surface area contributed by atoms with Gasteiger partial charge in [-0.2, -0.15) is 26.3 Å². The first-order valence-electron chi connectivity index (χ1n) is 12.4. The topological polar surface area (TPSA) is 67.1 Å². The first-order valence-corrected chi connectivity index (χ1v) is 12.4. The van der Waals surface area contributed by atoms with E-state index in [2.05, 4.69) is 20.5 Å². The summed E-state index contributed by atoms with van der Waals surface area (Å²) in [6, 6.07) is 5.78. The number of anilines is 1. The van der Waals surface area contributed by atoms with Crippen molar-refractivity contribution in [1.82, 2.24) is 20.5 Å². The summed E-state index contributed by atoms with van der Waals surface area (Å²) >= 11 is 0. The number of alkyl halides is 6. The zero-order valence-electron chi connectivity index (χ0n) is 19.5. The predicted molar refractivity (Wildman–Crippen MR) is 120 cm³/mol. The zero-order valence-corrected chi connectivity index (χ0v) is 19.5. The lowest BCUT2D eigenvalue weighted by molar-refractivity contribution is -0.187. The largest absolute Gasteiger partial charge is 0.424 e. The molecule has 3 aromatic rings. The lowest BCUT2D eigenvalue weighted by Crippen LogP contribution is -2.37. The standard InChI is InChI=1S/C25H23F6N5O/c26-24(27,28)17-5-6-18(16-2-1-7-32-19(16)17)36-11-22(10-23(22,12-36)25(29,30)31)21-35-34-20(37-21)13-8-14-3-4-15(9-13)33-14/h1-2,5-7,13-15,33H,3-4,8-12H2/t13?,14?,15?,22-,23-/m0/s1. The molecule has 6 nitrogen and oxygen atoms in total. The third-order valence-electron chi connectivity index (χ3n) is 8.92. The van der Waals surface area contributed by atoms with E-state index in [1.54, 1.807) is 0 Å². The van der Waals surface area contributed by atoms with Crippen LogP contribution < -0.4 is 10.2 Å². The third kappa shape index (κ3) is 3.26. The van der Waals surface area contributed by atoms with E-state index in [1.165, 1.54) is 29.3 Å². The van der Waals surface area contributed by atoms with Crippen LogP contribution in [-0.2, 0) is 11.6 Å². The van der Waals surface area contributed by atoms with Crippen LogP contribution in [0.3, 0.4) is 0 Å². The number of piperidine rings is 2. The van der Waals surface area contributed by atoms with Gasteiger partial charge in [-0.05, 0) is 56.4 Å². The SMILES string of the molecule is FC(F)(F)c1ccc(N2C[C@]3(c4nnc(C5CC6CCC(C5)N6)o4)C[C@]3(C(F)(F)F)C2)c2cccnc12. The second-order valence-electron chi connectivity index (χ2n) is 11.0.